The summed E-state index contributed by atoms with van der Waals surface area (Å²) in [5, 5.41) is 4.50. The summed E-state index contributed by atoms with van der Waals surface area (Å²) in [4.78, 5) is 0. The Morgan fingerprint density at radius 2 is 2.06 bits per heavy atom. The number of aryl methyl sites for hydroxylation is 1. The third kappa shape index (κ3) is 3.16. The van der Waals surface area contributed by atoms with Gasteiger partial charge in [-0.25, -0.2) is 0 Å². The molecule has 1 aliphatic carbocycles. The van der Waals surface area contributed by atoms with Gasteiger partial charge in [-0.3, -0.25) is 0 Å². The Labute approximate surface area is 110 Å². The van der Waals surface area contributed by atoms with Gasteiger partial charge in [0.25, 0.3) is 0 Å². The first-order valence-electron chi connectivity index (χ1n) is 6.73. The molecule has 2 unspecified atom stereocenters. The van der Waals surface area contributed by atoms with Crippen molar-refractivity contribution in [2.24, 2.45) is 5.92 Å². The second-order valence-corrected chi connectivity index (χ2v) is 5.59. The zero-order valence-corrected chi connectivity index (χ0v) is 11.6. The molecule has 1 aliphatic rings. The highest BCUT2D eigenvalue weighted by Gasteiger charge is 2.23. The van der Waals surface area contributed by atoms with Crippen molar-refractivity contribution >= 4 is 17.3 Å². The molecule has 1 aromatic carbocycles. The summed E-state index contributed by atoms with van der Waals surface area (Å²) in [5.41, 5.74) is 2.32. The molecule has 2 heteroatoms. The van der Waals surface area contributed by atoms with Gasteiger partial charge in [0.05, 0.1) is 10.7 Å². The predicted octanol–water partition coefficient (Wildman–Crippen LogP) is 5.03. The molecule has 0 aliphatic heterocycles. The lowest BCUT2D eigenvalue weighted by atomic mass is 9.83. The van der Waals surface area contributed by atoms with E-state index in [0.717, 1.165) is 16.6 Å². The van der Waals surface area contributed by atoms with Crippen molar-refractivity contribution in [1.29, 1.82) is 0 Å². The summed E-state index contributed by atoms with van der Waals surface area (Å²) in [6.45, 7) is 4.37. The van der Waals surface area contributed by atoms with Crippen molar-refractivity contribution in [3.05, 3.63) is 28.8 Å². The number of benzene rings is 1. The number of hydrogen-bond acceptors (Lipinski definition) is 1. The molecule has 1 N–H and O–H groups in total. The van der Waals surface area contributed by atoms with Crippen LogP contribution in [-0.4, -0.2) is 6.04 Å². The van der Waals surface area contributed by atoms with Gasteiger partial charge in [0.1, 0.15) is 0 Å². The van der Waals surface area contributed by atoms with Crippen molar-refractivity contribution in [1.82, 2.24) is 0 Å². The molecular formula is C15H22ClN. The van der Waals surface area contributed by atoms with Gasteiger partial charge in [-0.1, -0.05) is 43.9 Å². The van der Waals surface area contributed by atoms with Gasteiger partial charge in [-0.15, -0.1) is 0 Å². The first-order valence-corrected chi connectivity index (χ1v) is 7.11. The quantitative estimate of drug-likeness (QED) is 0.795. The topological polar surface area (TPSA) is 12.0 Å². The Hall–Kier alpha value is -0.690. The van der Waals surface area contributed by atoms with E-state index in [0.29, 0.717) is 6.04 Å². The van der Waals surface area contributed by atoms with E-state index in [1.165, 1.54) is 37.7 Å². The first-order chi connectivity index (χ1) is 8.20. The van der Waals surface area contributed by atoms with E-state index in [4.69, 9.17) is 11.6 Å². The third-order valence-corrected chi connectivity index (χ3v) is 4.21. The highest BCUT2D eigenvalue weighted by atomic mass is 35.5. The Bertz CT molecular complexity index is 375. The molecule has 0 amide bonds. The molecule has 0 bridgehead atoms. The van der Waals surface area contributed by atoms with E-state index < -0.39 is 0 Å². The van der Waals surface area contributed by atoms with E-state index >= 15 is 0 Å². The third-order valence-electron chi connectivity index (χ3n) is 3.90. The lowest BCUT2D eigenvalue weighted by Gasteiger charge is -2.32. The lowest BCUT2D eigenvalue weighted by Crippen LogP contribution is -2.31. The molecule has 2 atom stereocenters. The van der Waals surface area contributed by atoms with Crippen molar-refractivity contribution < 1.29 is 0 Å². The van der Waals surface area contributed by atoms with Crippen LogP contribution in [0.4, 0.5) is 5.69 Å². The van der Waals surface area contributed by atoms with Crippen LogP contribution in [0.25, 0.3) is 0 Å². The number of halogens is 1. The molecular weight excluding hydrogens is 230 g/mol. The van der Waals surface area contributed by atoms with Crippen molar-refractivity contribution in [3.63, 3.8) is 0 Å². The average molecular weight is 252 g/mol. The van der Waals surface area contributed by atoms with Crippen LogP contribution in [0.1, 0.15) is 44.6 Å². The van der Waals surface area contributed by atoms with Crippen LogP contribution in [0, 0.1) is 12.8 Å². The minimum Gasteiger partial charge on any atom is -0.381 e. The lowest BCUT2D eigenvalue weighted by molar-refractivity contribution is 0.317. The highest BCUT2D eigenvalue weighted by Crippen LogP contribution is 2.31. The summed E-state index contributed by atoms with van der Waals surface area (Å²) in [7, 11) is 0. The second-order valence-electron chi connectivity index (χ2n) is 5.19. The zero-order chi connectivity index (χ0) is 12.3. The number of nitrogens with one attached hydrogen (secondary N) is 1. The molecule has 0 spiro atoms. The van der Waals surface area contributed by atoms with Gasteiger partial charge in [0.15, 0.2) is 0 Å². The number of hydrogen-bond donors (Lipinski definition) is 1. The number of anilines is 1. The van der Waals surface area contributed by atoms with Crippen LogP contribution < -0.4 is 5.32 Å². The van der Waals surface area contributed by atoms with E-state index in [9.17, 15) is 0 Å². The van der Waals surface area contributed by atoms with Crippen LogP contribution >= 0.6 is 11.6 Å². The zero-order valence-electron chi connectivity index (χ0n) is 10.8. The molecule has 0 aromatic heterocycles. The van der Waals surface area contributed by atoms with Gasteiger partial charge in [-0.05, 0) is 43.4 Å². The minimum absolute atomic E-state index is 0.606. The summed E-state index contributed by atoms with van der Waals surface area (Å²) in [6.07, 6.45) is 6.64. The first kappa shape index (κ1) is 12.8. The van der Waals surface area contributed by atoms with Crippen molar-refractivity contribution in [3.8, 4) is 0 Å². The predicted molar refractivity (Wildman–Crippen MR) is 75.8 cm³/mol. The Balaban J connectivity index is 2.08. The number of rotatable bonds is 3. The molecule has 1 aromatic rings. The van der Waals surface area contributed by atoms with Crippen LogP contribution in [0.15, 0.2) is 18.2 Å². The standard InChI is InChI=1S/C15H22ClN/c1-3-12-6-4-5-7-14(12)17-15-9-8-11(2)10-13(15)16/h8-10,12,14,17H,3-7H2,1-2H3. The Morgan fingerprint density at radius 3 is 2.76 bits per heavy atom. The van der Waals surface area contributed by atoms with Crippen LogP contribution in [0.5, 0.6) is 0 Å². The van der Waals surface area contributed by atoms with Gasteiger partial charge in [-0.2, -0.15) is 0 Å². The SMILES string of the molecule is CCC1CCCCC1Nc1ccc(C)cc1Cl. The molecule has 94 valence electrons. The highest BCUT2D eigenvalue weighted by molar-refractivity contribution is 6.33. The normalized spacial score (nSPS) is 24.6. The maximum absolute atomic E-state index is 6.28. The van der Waals surface area contributed by atoms with Gasteiger partial charge >= 0.3 is 0 Å². The van der Waals surface area contributed by atoms with Crippen LogP contribution in [0.3, 0.4) is 0 Å². The van der Waals surface area contributed by atoms with Gasteiger partial charge in [0, 0.05) is 6.04 Å². The minimum atomic E-state index is 0.606. The largest absolute Gasteiger partial charge is 0.381 e. The van der Waals surface area contributed by atoms with E-state index in [2.05, 4.69) is 31.3 Å². The molecule has 0 saturated heterocycles. The molecule has 1 saturated carbocycles. The smallest absolute Gasteiger partial charge is 0.0640 e. The van der Waals surface area contributed by atoms with Crippen molar-refractivity contribution in [2.75, 3.05) is 5.32 Å². The molecule has 2 rings (SSSR count). The fourth-order valence-corrected chi connectivity index (χ4v) is 3.11. The molecule has 0 radical (unpaired) electrons. The van der Waals surface area contributed by atoms with E-state index in [-0.39, 0.29) is 0 Å². The summed E-state index contributed by atoms with van der Waals surface area (Å²) in [5.74, 6) is 0.807. The monoisotopic (exact) mass is 251 g/mol. The van der Waals surface area contributed by atoms with Crippen molar-refractivity contribution in [2.45, 2.75) is 52.0 Å². The fourth-order valence-electron chi connectivity index (χ4n) is 2.82. The maximum Gasteiger partial charge on any atom is 0.0640 e. The second kappa shape index (κ2) is 5.77. The Morgan fingerprint density at radius 1 is 1.29 bits per heavy atom. The van der Waals surface area contributed by atoms with Crippen LogP contribution in [0.2, 0.25) is 5.02 Å². The summed E-state index contributed by atoms with van der Waals surface area (Å²) >= 11 is 6.28. The maximum atomic E-state index is 6.28. The van der Waals surface area contributed by atoms with Gasteiger partial charge < -0.3 is 5.32 Å². The van der Waals surface area contributed by atoms with E-state index in [1.807, 2.05) is 6.07 Å². The van der Waals surface area contributed by atoms with Gasteiger partial charge in [0.2, 0.25) is 0 Å². The fraction of sp³-hybridized carbons (Fsp3) is 0.600. The molecule has 0 heterocycles. The molecule has 1 nitrogen and oxygen atoms in total. The van der Waals surface area contributed by atoms with Crippen LogP contribution in [-0.2, 0) is 0 Å². The Kier molecular flexibility index (Phi) is 4.33. The average Bonchev–Trinajstić information content (AvgIpc) is 2.33. The van der Waals surface area contributed by atoms with E-state index in [1.54, 1.807) is 0 Å². The summed E-state index contributed by atoms with van der Waals surface area (Å²) in [6, 6.07) is 6.87. The molecule has 17 heavy (non-hydrogen) atoms. The summed E-state index contributed by atoms with van der Waals surface area (Å²) < 4.78 is 0. The molecule has 1 fully saturated rings.